The third-order valence-corrected chi connectivity index (χ3v) is 26.1. The average molecular weight is 1980 g/mol. The Morgan fingerprint density at radius 1 is 0.373 bits per heavy atom. The molecule has 0 spiro atoms. The van der Waals surface area contributed by atoms with Crippen LogP contribution in [0, 0.1) is 29.6 Å². The third kappa shape index (κ3) is 32.5. The number of ketones is 1. The Hall–Kier alpha value is -10.1. The van der Waals surface area contributed by atoms with Crippen LogP contribution < -0.4 is 0 Å². The van der Waals surface area contributed by atoms with Crippen molar-refractivity contribution in [2.45, 2.75) is 307 Å². The van der Waals surface area contributed by atoms with Gasteiger partial charge in [0.25, 0.3) is 0 Å². The molecule has 16 rings (SSSR count). The average Bonchev–Trinajstić information content (AvgIpc) is 1.61. The van der Waals surface area contributed by atoms with Crippen LogP contribution in [0.4, 0.5) is 0 Å². The number of nitrogens with zero attached hydrogens (tertiary/aromatic N) is 6. The highest BCUT2D eigenvalue weighted by molar-refractivity contribution is 5.91. The third-order valence-electron chi connectivity index (χ3n) is 26.1. The standard InChI is InChI=1S/C22H26O4.C17H23N3O4.C15H20O4.C15H18O4.C15H22O3.C14H18O5.C9H15N3O5/c1-3-19(24-14-17-10-6-4-7-11-17)21-16(2)20(15-25-21)26-22(23)18-12-8-5-9-13-18;1-4-12(21-10-11-8-6-5-7-9-11)14-13(19-20-18)15-16(22-14)24-17(2,3)23-15;2*1-3-12(16)14-10(2)13(9-18-14)19-15(17)11-7-5-4-6-8-11;1-3-14(15-11(2)13(16)10-18-15)17-9-12-7-5-4-6-8-12;1-9-12(8-18-13(9)11(16)7-15)19-14(17)10-5-3-2-4-6-10;1-9(2)16-7-5(11-12-10)6(4(14)3-13)15-8(7)17-9/h4-13,16,19-21H,3,14-15H2,1-2H3;5-9,12-16H,4,10H2,1-3H3;4-8,10,12-14,16H,3,9H2,1-2H3;4-8,10,13-14H,3,9H2,1-2H3;4-8,11,13-16H,3,9-10H2,1-2H3;2-6,9,11-13,15-16H,7-8H2,1H3;4-8,13-14H,3H2,1-2H3/t16-,19-,20+,21+;12-,13+,14-,15-,16-;10-,12-,13+,14+;10-,13+,14+;11-,13+,14-,15+;9-,11-,12+,13+;4-,5+,6-,7-,8-/m1111111/s1. The highest BCUT2D eigenvalue weighted by Crippen LogP contribution is 2.43. The first-order valence-corrected chi connectivity index (χ1v) is 49.0. The fraction of sp³-hybridized carbons (Fsp3) is 0.561. The number of fused-ring (bicyclic) bond motifs is 2. The van der Waals surface area contributed by atoms with Gasteiger partial charge in [-0.3, -0.25) is 4.79 Å². The summed E-state index contributed by atoms with van der Waals surface area (Å²) in [4.78, 5) is 65.4. The summed E-state index contributed by atoms with van der Waals surface area (Å²) < 4.78 is 102. The SMILES string of the molecule is CC1(C)O[C@H]2O[C@H]([C@H](O)CO)[C@H](N=[N+]=[N-])[C@H]2O1.CCC(=O)[C@H]1OC[C@H](OC(=O)c2ccccc2)[C@H]1C.CC[C@@H](O)[C@H]1OC[C@H](OC(=O)c2ccccc2)[C@H]1C.CC[C@@H](OCc1ccccc1)[C@H]1OC[C@H](O)[C@H]1C.CC[C@@H](OCc1ccccc1)[C@H]1OC[C@H](OC(=O)c2ccccc2)[C@H]1C.CC[C@@H](OCc1ccccc1)[C@H]1O[C@@H]2OC(C)(C)O[C@@H]2[C@H]1N=[N+]=[N-].C[C@H]1[C@@H]([C@H](O)CO)OC[C@@H]1OC(=O)c1ccccc1. The van der Waals surface area contributed by atoms with Crippen molar-refractivity contribution in [3.8, 4) is 0 Å². The van der Waals surface area contributed by atoms with Gasteiger partial charge in [0.1, 0.15) is 61.0 Å². The highest BCUT2D eigenvalue weighted by Gasteiger charge is 2.58. The molecule has 9 saturated heterocycles. The van der Waals surface area contributed by atoms with Crippen LogP contribution in [0.5, 0.6) is 0 Å². The molecule has 0 amide bonds. The Balaban J connectivity index is 0.000000171. The smallest absolute Gasteiger partial charge is 0.338 e. The number of rotatable bonds is 33. The molecule has 7 aromatic rings. The predicted octanol–water partition coefficient (Wildman–Crippen LogP) is 14.9. The number of ether oxygens (including phenoxy) is 18. The Bertz CT molecular complexity index is 4920. The number of hydrogen-bond donors (Lipinski definition) is 6. The number of carbonyl (C=O) groups excluding carboxylic acids is 5. The lowest BCUT2D eigenvalue weighted by atomic mass is 9.95. The van der Waals surface area contributed by atoms with Crippen molar-refractivity contribution < 1.29 is 140 Å². The second-order valence-corrected chi connectivity index (χ2v) is 37.1. The van der Waals surface area contributed by atoms with Gasteiger partial charge < -0.3 is 116 Å². The van der Waals surface area contributed by atoms with E-state index in [2.05, 4.69) is 65.1 Å². The number of benzene rings is 7. The molecule has 35 nitrogen and oxygen atoms in total. The molecule has 6 N–H and O–H groups in total. The van der Waals surface area contributed by atoms with Crippen molar-refractivity contribution in [1.29, 1.82) is 0 Å². The topological polar surface area (TPSA) is 470 Å². The van der Waals surface area contributed by atoms with Gasteiger partial charge >= 0.3 is 23.9 Å². The van der Waals surface area contributed by atoms with Crippen molar-refractivity contribution in [3.05, 3.63) is 272 Å². The number of Topliss-reactive ketones (excluding diaryl/α,β-unsaturated/α-hetero) is 1. The second-order valence-electron chi connectivity index (χ2n) is 37.1. The van der Waals surface area contributed by atoms with E-state index in [1.165, 1.54) is 5.56 Å². The Morgan fingerprint density at radius 2 is 0.662 bits per heavy atom. The van der Waals surface area contributed by atoms with Crippen LogP contribution in [-0.4, -0.2) is 265 Å². The van der Waals surface area contributed by atoms with Crippen molar-refractivity contribution >= 4 is 29.7 Å². The van der Waals surface area contributed by atoms with E-state index in [0.29, 0.717) is 74.7 Å². The van der Waals surface area contributed by atoms with Crippen molar-refractivity contribution in [1.82, 2.24) is 0 Å². The van der Waals surface area contributed by atoms with Crippen LogP contribution in [0.1, 0.15) is 187 Å². The van der Waals surface area contributed by atoms with Gasteiger partial charge in [0.2, 0.25) is 0 Å². The molecule has 9 aliphatic rings. The van der Waals surface area contributed by atoms with Crippen molar-refractivity contribution in [2.24, 2.45) is 39.8 Å². The summed E-state index contributed by atoms with van der Waals surface area (Å²) in [6.07, 6.45) is -5.52. The molecule has 9 fully saturated rings. The molecule has 0 aliphatic carbocycles. The maximum atomic E-state index is 12.3. The molecular formula is C107H142N6O29. The molecule has 0 saturated carbocycles. The van der Waals surface area contributed by atoms with Crippen LogP contribution >= 0.6 is 0 Å². The Labute approximate surface area is 830 Å². The lowest BCUT2D eigenvalue weighted by Crippen LogP contribution is -2.41. The molecule has 7 aromatic carbocycles. The van der Waals surface area contributed by atoms with E-state index >= 15 is 0 Å². The summed E-state index contributed by atoms with van der Waals surface area (Å²) in [7, 11) is 0. The summed E-state index contributed by atoms with van der Waals surface area (Å²) in [5, 5.41) is 64.0. The molecule has 9 aliphatic heterocycles. The maximum absolute atomic E-state index is 12.3. The Kier molecular flexibility index (Phi) is 45.7. The zero-order chi connectivity index (χ0) is 103. The minimum absolute atomic E-state index is 0.00242. The molecule has 0 bridgehead atoms. The molecular weight excluding hydrogens is 1830 g/mol. The van der Waals surface area contributed by atoms with Crippen LogP contribution in [0.15, 0.2) is 223 Å². The maximum Gasteiger partial charge on any atom is 0.338 e. The van der Waals surface area contributed by atoms with E-state index in [9.17, 15) is 44.4 Å². The zero-order valence-electron chi connectivity index (χ0n) is 83.3. The van der Waals surface area contributed by atoms with Crippen LogP contribution in [-0.2, 0) is 110 Å². The highest BCUT2D eigenvalue weighted by atomic mass is 16.8. The summed E-state index contributed by atoms with van der Waals surface area (Å²) in [5.41, 5.74) is 22.9. The first-order chi connectivity index (χ1) is 68.3. The monoisotopic (exact) mass is 1970 g/mol. The first-order valence-electron chi connectivity index (χ1n) is 49.0. The molecule has 29 atom stereocenters. The minimum Gasteiger partial charge on any atom is -0.456 e. The number of hydrogen-bond acceptors (Lipinski definition) is 31. The van der Waals surface area contributed by atoms with E-state index in [0.717, 1.165) is 30.4 Å². The largest absolute Gasteiger partial charge is 0.456 e. The summed E-state index contributed by atoms with van der Waals surface area (Å²) in [6, 6.07) is 64.5. The Morgan fingerprint density at radius 3 is 0.986 bits per heavy atom. The van der Waals surface area contributed by atoms with Crippen LogP contribution in [0.3, 0.4) is 0 Å². The molecule has 9 heterocycles. The van der Waals surface area contributed by atoms with Crippen LogP contribution in [0.25, 0.3) is 20.9 Å². The minimum atomic E-state index is -1.13. The number of azide groups is 2. The van der Waals surface area contributed by atoms with Crippen LogP contribution in [0.2, 0.25) is 0 Å². The molecule has 35 heteroatoms. The fourth-order valence-corrected chi connectivity index (χ4v) is 17.8. The van der Waals surface area contributed by atoms with E-state index in [4.69, 9.17) is 107 Å². The molecule has 0 radical (unpaired) electrons. The molecule has 774 valence electrons. The normalized spacial score (nSPS) is 29.3. The second kappa shape index (κ2) is 57.0. The van der Waals surface area contributed by atoms with Gasteiger partial charge in [-0.15, -0.1) is 0 Å². The molecule has 0 aromatic heterocycles. The van der Waals surface area contributed by atoms with E-state index in [1.807, 2.05) is 165 Å². The number of aliphatic hydroxyl groups is 6. The van der Waals surface area contributed by atoms with Gasteiger partial charge in [0.15, 0.2) is 29.9 Å². The van der Waals surface area contributed by atoms with Gasteiger partial charge in [-0.05, 0) is 130 Å². The van der Waals surface area contributed by atoms with Gasteiger partial charge in [-0.2, -0.15) is 0 Å². The van der Waals surface area contributed by atoms with E-state index < -0.39 is 104 Å². The van der Waals surface area contributed by atoms with E-state index in [-0.39, 0.29) is 140 Å². The molecule has 0 unspecified atom stereocenters. The lowest BCUT2D eigenvalue weighted by molar-refractivity contribution is -0.219. The summed E-state index contributed by atoms with van der Waals surface area (Å²) in [6.45, 7) is 29.2. The number of esters is 4. The zero-order valence-corrected chi connectivity index (χ0v) is 83.3. The van der Waals surface area contributed by atoms with Gasteiger partial charge in [-0.1, -0.05) is 243 Å². The summed E-state index contributed by atoms with van der Waals surface area (Å²) >= 11 is 0. The quantitative estimate of drug-likeness (QED) is 0.00731. The van der Waals surface area contributed by atoms with E-state index in [1.54, 1.807) is 98.8 Å². The van der Waals surface area contributed by atoms with Gasteiger partial charge in [0, 0.05) is 45.8 Å². The number of carbonyl (C=O) groups is 5. The van der Waals surface area contributed by atoms with Gasteiger partial charge in [0.05, 0.1) is 161 Å². The lowest BCUT2D eigenvalue weighted by Gasteiger charge is -2.28. The fourth-order valence-electron chi connectivity index (χ4n) is 17.8. The first kappa shape index (κ1) is 114. The molecule has 142 heavy (non-hydrogen) atoms. The number of aliphatic hydroxyl groups excluding tert-OH is 6. The van der Waals surface area contributed by atoms with Gasteiger partial charge in [-0.25, -0.2) is 19.2 Å². The van der Waals surface area contributed by atoms with Crippen molar-refractivity contribution in [2.75, 3.05) is 46.2 Å². The van der Waals surface area contributed by atoms with Crippen molar-refractivity contribution in [3.63, 3.8) is 0 Å². The summed E-state index contributed by atoms with van der Waals surface area (Å²) in [5.74, 6) is -2.93. The predicted molar refractivity (Wildman–Crippen MR) is 520 cm³/mol.